The van der Waals surface area contributed by atoms with Gasteiger partial charge >= 0.3 is 23.9 Å². The maximum Gasteiger partial charge on any atom is 0.407 e. The van der Waals surface area contributed by atoms with Crippen molar-refractivity contribution in [3.63, 3.8) is 0 Å². The summed E-state index contributed by atoms with van der Waals surface area (Å²) in [5.74, 6) is 0.252. The van der Waals surface area contributed by atoms with E-state index in [1.54, 1.807) is 12.3 Å². The molecule has 2 aliphatic heterocycles. The van der Waals surface area contributed by atoms with Gasteiger partial charge in [-0.1, -0.05) is 42.5 Å². The number of rotatable bonds is 11. The Labute approximate surface area is 314 Å². The van der Waals surface area contributed by atoms with E-state index < -0.39 is 23.4 Å². The SMILES string of the molecule is CC(Cc1ccc(-n2ccc(NC(=O)N3CCN(C(=O)C(C)(C)NC(=O)O)CC3)nc2=O)cc1)N1CCC2(CC1)CC2CNC(=O)OCc1ccccc1. The number of nitrogens with zero attached hydrogens (tertiary/aromatic N) is 5. The fourth-order valence-corrected chi connectivity index (χ4v) is 7.67. The molecule has 0 bridgehead atoms. The number of carbonyl (C=O) groups is 4. The number of piperazine rings is 1. The van der Waals surface area contributed by atoms with Crippen molar-refractivity contribution in [3.8, 4) is 5.69 Å². The van der Waals surface area contributed by atoms with Gasteiger partial charge in [-0.25, -0.2) is 19.2 Å². The van der Waals surface area contributed by atoms with Gasteiger partial charge in [-0.05, 0) is 100 Å². The van der Waals surface area contributed by atoms with Crippen molar-refractivity contribution < 1.29 is 29.0 Å². The van der Waals surface area contributed by atoms with Crippen LogP contribution in [-0.2, 0) is 22.6 Å². The van der Waals surface area contributed by atoms with Gasteiger partial charge in [-0.15, -0.1) is 0 Å². The van der Waals surface area contributed by atoms with Gasteiger partial charge in [0.1, 0.15) is 18.0 Å². The summed E-state index contributed by atoms with van der Waals surface area (Å²) >= 11 is 0. The average Bonchev–Trinajstić information content (AvgIpc) is 3.84. The maximum absolute atomic E-state index is 13.0. The quantitative estimate of drug-likeness (QED) is 0.227. The van der Waals surface area contributed by atoms with Crippen molar-refractivity contribution in [1.29, 1.82) is 0 Å². The van der Waals surface area contributed by atoms with Crippen LogP contribution in [0.4, 0.5) is 20.2 Å². The normalized spacial score (nSPS) is 18.8. The molecule has 2 aromatic carbocycles. The number of ether oxygens (including phenoxy) is 1. The molecule has 1 aliphatic carbocycles. The Morgan fingerprint density at radius 2 is 1.59 bits per heavy atom. The summed E-state index contributed by atoms with van der Waals surface area (Å²) in [7, 11) is 0. The van der Waals surface area contributed by atoms with Gasteiger partial charge in [0.05, 0.1) is 5.69 Å². The van der Waals surface area contributed by atoms with Gasteiger partial charge in [0, 0.05) is 45.0 Å². The first-order chi connectivity index (χ1) is 25.8. The molecule has 3 heterocycles. The van der Waals surface area contributed by atoms with Crippen molar-refractivity contribution >= 4 is 29.9 Å². The minimum absolute atomic E-state index is 0.121. The predicted octanol–water partition coefficient (Wildman–Crippen LogP) is 3.91. The number of likely N-dealkylation sites (tertiary alicyclic amines) is 1. The fraction of sp³-hybridized carbons (Fsp3) is 0.487. The molecule has 2 saturated heterocycles. The van der Waals surface area contributed by atoms with Gasteiger partial charge in [-0.3, -0.25) is 14.7 Å². The minimum Gasteiger partial charge on any atom is -0.465 e. The summed E-state index contributed by atoms with van der Waals surface area (Å²) < 4.78 is 6.79. The van der Waals surface area contributed by atoms with Crippen LogP contribution < -0.4 is 21.6 Å². The molecule has 3 aromatic rings. The van der Waals surface area contributed by atoms with Gasteiger partial charge < -0.3 is 35.2 Å². The largest absolute Gasteiger partial charge is 0.465 e. The predicted molar refractivity (Wildman–Crippen MR) is 201 cm³/mol. The molecule has 15 nitrogen and oxygen atoms in total. The number of amides is 5. The van der Waals surface area contributed by atoms with Gasteiger partial charge in [0.25, 0.3) is 0 Å². The molecule has 1 aromatic heterocycles. The Hall–Kier alpha value is -5.44. The van der Waals surface area contributed by atoms with E-state index in [1.165, 1.54) is 33.8 Å². The van der Waals surface area contributed by atoms with Crippen molar-refractivity contribution in [2.75, 3.05) is 51.1 Å². The Balaban J connectivity index is 0.918. The third-order valence-electron chi connectivity index (χ3n) is 11.1. The molecule has 5 amide bonds. The lowest BCUT2D eigenvalue weighted by Gasteiger charge is -2.38. The summed E-state index contributed by atoms with van der Waals surface area (Å²) in [6, 6.07) is 19.0. The van der Waals surface area contributed by atoms with E-state index in [1.807, 2.05) is 54.6 Å². The lowest BCUT2D eigenvalue weighted by atomic mass is 9.89. The number of anilines is 1. The van der Waals surface area contributed by atoms with Crippen LogP contribution in [0.1, 0.15) is 51.2 Å². The first kappa shape index (κ1) is 38.3. The Kier molecular flexibility index (Phi) is 11.5. The fourth-order valence-electron chi connectivity index (χ4n) is 7.67. The number of hydrogen-bond donors (Lipinski definition) is 4. The first-order valence-corrected chi connectivity index (χ1v) is 18.6. The number of benzene rings is 2. The van der Waals surface area contributed by atoms with Crippen LogP contribution >= 0.6 is 0 Å². The van der Waals surface area contributed by atoms with Crippen molar-refractivity contribution in [1.82, 2.24) is 34.9 Å². The molecule has 1 spiro atoms. The lowest BCUT2D eigenvalue weighted by molar-refractivity contribution is -0.138. The van der Waals surface area contributed by atoms with E-state index in [2.05, 4.69) is 32.8 Å². The Morgan fingerprint density at radius 1 is 0.926 bits per heavy atom. The van der Waals surface area contributed by atoms with Gasteiger partial charge in [-0.2, -0.15) is 4.98 Å². The molecule has 6 rings (SSSR count). The first-order valence-electron chi connectivity index (χ1n) is 18.6. The smallest absolute Gasteiger partial charge is 0.407 e. The maximum atomic E-state index is 13.0. The van der Waals surface area contributed by atoms with E-state index in [9.17, 15) is 24.0 Å². The number of carboxylic acid groups (broad SMARTS) is 1. The topological polar surface area (TPSA) is 178 Å². The zero-order chi connectivity index (χ0) is 38.5. The zero-order valence-corrected chi connectivity index (χ0v) is 31.1. The monoisotopic (exact) mass is 742 g/mol. The van der Waals surface area contributed by atoms with E-state index >= 15 is 0 Å². The molecule has 15 heteroatoms. The summed E-state index contributed by atoms with van der Waals surface area (Å²) in [5.41, 5.74) is 1.31. The van der Waals surface area contributed by atoms with Gasteiger partial charge in [0.2, 0.25) is 5.91 Å². The number of hydrogen-bond acceptors (Lipinski definition) is 8. The van der Waals surface area contributed by atoms with E-state index in [4.69, 9.17) is 9.84 Å². The summed E-state index contributed by atoms with van der Waals surface area (Å²) in [6.45, 7) is 9.21. The minimum atomic E-state index is -1.29. The molecule has 3 fully saturated rings. The second kappa shape index (κ2) is 16.3. The molecule has 4 N–H and O–H groups in total. The van der Waals surface area contributed by atoms with Crippen molar-refractivity contribution in [2.45, 2.75) is 64.6 Å². The average molecular weight is 743 g/mol. The van der Waals surface area contributed by atoms with E-state index in [0.717, 1.165) is 44.3 Å². The highest BCUT2D eigenvalue weighted by Crippen LogP contribution is 2.59. The number of carbonyl (C=O) groups excluding carboxylic acids is 3. The standard InChI is InChI=1S/C39H50N8O7/c1-27(44-17-14-39(15-18-44)24-30(39)25-40-37(53)54-26-29-7-5-4-6-8-29)23-28-9-11-31(12-10-28)47-16-13-32(42-35(47)50)41-34(49)46-21-19-45(20-22-46)33(48)38(2,3)43-36(51)52/h4-13,16,27,30,43H,14-15,17-26H2,1-3H3,(H,40,53)(H,51,52)(H,41,42,49,50). The molecular formula is C39H50N8O7. The Bertz CT molecular complexity index is 1870. The number of piperidine rings is 1. The highest BCUT2D eigenvalue weighted by molar-refractivity contribution is 5.90. The van der Waals surface area contributed by atoms with Crippen LogP contribution in [0, 0.1) is 11.3 Å². The summed E-state index contributed by atoms with van der Waals surface area (Å²) in [6.07, 6.45) is 4.20. The second-order valence-electron chi connectivity index (χ2n) is 15.2. The van der Waals surface area contributed by atoms with Crippen molar-refractivity contribution in [3.05, 3.63) is 88.5 Å². The van der Waals surface area contributed by atoms with Crippen LogP contribution in [-0.4, -0.2) is 111 Å². The van der Waals surface area contributed by atoms with E-state index in [-0.39, 0.29) is 50.6 Å². The zero-order valence-electron chi connectivity index (χ0n) is 31.1. The second-order valence-corrected chi connectivity index (χ2v) is 15.2. The molecule has 0 radical (unpaired) electrons. The molecular weight excluding hydrogens is 692 g/mol. The van der Waals surface area contributed by atoms with Gasteiger partial charge in [0.15, 0.2) is 0 Å². The highest BCUT2D eigenvalue weighted by atomic mass is 16.5. The molecule has 1 saturated carbocycles. The number of urea groups is 1. The highest BCUT2D eigenvalue weighted by Gasteiger charge is 2.54. The van der Waals surface area contributed by atoms with Crippen LogP contribution in [0.3, 0.4) is 0 Å². The molecule has 288 valence electrons. The summed E-state index contributed by atoms with van der Waals surface area (Å²) in [5, 5.41) is 16.9. The molecule has 2 atom stereocenters. The molecule has 54 heavy (non-hydrogen) atoms. The molecule has 3 aliphatic rings. The third kappa shape index (κ3) is 9.37. The Morgan fingerprint density at radius 3 is 2.24 bits per heavy atom. The van der Waals surface area contributed by atoms with Crippen molar-refractivity contribution in [2.24, 2.45) is 11.3 Å². The van der Waals surface area contributed by atoms with E-state index in [0.29, 0.717) is 29.6 Å². The number of alkyl carbamates (subject to hydrolysis) is 1. The lowest BCUT2D eigenvalue weighted by Crippen LogP contribution is -2.60. The van der Waals surface area contributed by atoms with Crippen LogP contribution in [0.2, 0.25) is 0 Å². The van der Waals surface area contributed by atoms with Crippen LogP contribution in [0.25, 0.3) is 5.69 Å². The molecule has 2 unspecified atom stereocenters. The third-order valence-corrected chi connectivity index (χ3v) is 11.1. The summed E-state index contributed by atoms with van der Waals surface area (Å²) in [4.78, 5) is 71.5. The van der Waals surface area contributed by atoms with Crippen LogP contribution in [0.15, 0.2) is 71.7 Å². The number of nitrogens with one attached hydrogen (secondary N) is 3. The number of aromatic nitrogens is 2. The van der Waals surface area contributed by atoms with Crippen LogP contribution in [0.5, 0.6) is 0 Å².